The Morgan fingerprint density at radius 3 is 2.71 bits per heavy atom. The van der Waals surface area contributed by atoms with E-state index in [2.05, 4.69) is 12.2 Å². The van der Waals surface area contributed by atoms with E-state index < -0.39 is 0 Å². The van der Waals surface area contributed by atoms with Crippen molar-refractivity contribution in [2.45, 2.75) is 44.4 Å². The molecule has 3 aliphatic rings. The van der Waals surface area contributed by atoms with Crippen molar-refractivity contribution in [2.75, 3.05) is 19.8 Å². The Bertz CT molecular complexity index is 227. The van der Waals surface area contributed by atoms with Crippen molar-refractivity contribution in [3.05, 3.63) is 0 Å². The van der Waals surface area contributed by atoms with Crippen LogP contribution in [-0.2, 0) is 9.47 Å². The van der Waals surface area contributed by atoms with Crippen LogP contribution in [0.4, 0.5) is 0 Å². The zero-order valence-electron chi connectivity index (χ0n) is 8.79. The maximum absolute atomic E-state index is 5.81. The Morgan fingerprint density at radius 2 is 2.21 bits per heavy atom. The lowest BCUT2D eigenvalue weighted by molar-refractivity contribution is -0.101. The molecule has 3 unspecified atom stereocenters. The lowest BCUT2D eigenvalue weighted by Gasteiger charge is -2.39. The maximum atomic E-state index is 5.81. The number of ether oxygens (including phenoxy) is 2. The molecule has 3 aliphatic heterocycles. The van der Waals surface area contributed by atoms with Crippen molar-refractivity contribution in [3.8, 4) is 0 Å². The first kappa shape index (κ1) is 9.13. The Hall–Kier alpha value is -0.120. The molecule has 3 heteroatoms. The molecule has 0 aromatic carbocycles. The van der Waals surface area contributed by atoms with Crippen LogP contribution < -0.4 is 5.32 Å². The molecule has 80 valence electrons. The van der Waals surface area contributed by atoms with Crippen molar-refractivity contribution < 1.29 is 9.47 Å². The van der Waals surface area contributed by atoms with Crippen molar-refractivity contribution in [2.24, 2.45) is 5.41 Å². The summed E-state index contributed by atoms with van der Waals surface area (Å²) in [6.45, 7) is 5.21. The van der Waals surface area contributed by atoms with Gasteiger partial charge >= 0.3 is 0 Å². The second-order valence-electron chi connectivity index (χ2n) is 5.40. The molecular weight excluding hydrogens is 178 g/mol. The molecule has 0 amide bonds. The minimum atomic E-state index is 0.391. The summed E-state index contributed by atoms with van der Waals surface area (Å²) in [4.78, 5) is 0. The van der Waals surface area contributed by atoms with E-state index in [9.17, 15) is 0 Å². The van der Waals surface area contributed by atoms with Gasteiger partial charge in [-0.2, -0.15) is 0 Å². The molecule has 3 fully saturated rings. The van der Waals surface area contributed by atoms with Crippen molar-refractivity contribution in [1.29, 1.82) is 0 Å². The second-order valence-corrected chi connectivity index (χ2v) is 5.40. The van der Waals surface area contributed by atoms with Crippen molar-refractivity contribution in [1.82, 2.24) is 5.32 Å². The molecule has 3 rings (SSSR count). The van der Waals surface area contributed by atoms with Crippen LogP contribution in [-0.4, -0.2) is 38.0 Å². The van der Waals surface area contributed by atoms with Gasteiger partial charge in [0.1, 0.15) is 0 Å². The van der Waals surface area contributed by atoms with Gasteiger partial charge in [-0.3, -0.25) is 0 Å². The van der Waals surface area contributed by atoms with Gasteiger partial charge in [0.15, 0.2) is 0 Å². The summed E-state index contributed by atoms with van der Waals surface area (Å²) >= 11 is 0. The molecule has 3 atom stereocenters. The van der Waals surface area contributed by atoms with E-state index in [1.165, 1.54) is 19.3 Å². The Labute approximate surface area is 85.1 Å². The molecule has 0 saturated carbocycles. The van der Waals surface area contributed by atoms with Crippen LogP contribution in [0.3, 0.4) is 0 Å². The van der Waals surface area contributed by atoms with Gasteiger partial charge in [0, 0.05) is 18.0 Å². The largest absolute Gasteiger partial charge is 0.380 e. The van der Waals surface area contributed by atoms with Gasteiger partial charge in [-0.15, -0.1) is 0 Å². The van der Waals surface area contributed by atoms with Crippen LogP contribution in [0.25, 0.3) is 0 Å². The van der Waals surface area contributed by atoms with Gasteiger partial charge in [0.25, 0.3) is 0 Å². The highest BCUT2D eigenvalue weighted by atomic mass is 16.5. The van der Waals surface area contributed by atoms with E-state index >= 15 is 0 Å². The summed E-state index contributed by atoms with van der Waals surface area (Å²) < 4.78 is 11.1. The third-order valence-electron chi connectivity index (χ3n) is 3.80. The summed E-state index contributed by atoms with van der Waals surface area (Å²) in [7, 11) is 0. The molecule has 0 aromatic rings. The SMILES string of the molecule is CC1(CNC2CC3CCC2O3)COC1. The topological polar surface area (TPSA) is 30.5 Å². The number of hydrogen-bond donors (Lipinski definition) is 1. The van der Waals surface area contributed by atoms with Crippen LogP contribution in [0.2, 0.25) is 0 Å². The fourth-order valence-electron chi connectivity index (χ4n) is 2.78. The van der Waals surface area contributed by atoms with Gasteiger partial charge in [-0.1, -0.05) is 6.92 Å². The first-order valence-electron chi connectivity index (χ1n) is 5.72. The van der Waals surface area contributed by atoms with E-state index in [0.29, 0.717) is 23.7 Å². The molecule has 0 aliphatic carbocycles. The normalized spacial score (nSPS) is 43.9. The van der Waals surface area contributed by atoms with Crippen LogP contribution in [0.1, 0.15) is 26.2 Å². The van der Waals surface area contributed by atoms with E-state index in [1.807, 2.05) is 0 Å². The van der Waals surface area contributed by atoms with Gasteiger partial charge in [0.05, 0.1) is 25.4 Å². The fraction of sp³-hybridized carbons (Fsp3) is 1.00. The average molecular weight is 197 g/mol. The zero-order valence-corrected chi connectivity index (χ0v) is 8.79. The third-order valence-corrected chi connectivity index (χ3v) is 3.80. The Kier molecular flexibility index (Phi) is 2.08. The first-order valence-corrected chi connectivity index (χ1v) is 5.72. The molecule has 0 spiro atoms. The van der Waals surface area contributed by atoms with Crippen LogP contribution in [0.15, 0.2) is 0 Å². The highest BCUT2D eigenvalue weighted by Gasteiger charge is 2.42. The quantitative estimate of drug-likeness (QED) is 0.730. The molecule has 3 saturated heterocycles. The first-order chi connectivity index (χ1) is 6.75. The molecule has 0 aromatic heterocycles. The highest BCUT2D eigenvalue weighted by Crippen LogP contribution is 2.35. The minimum Gasteiger partial charge on any atom is -0.380 e. The minimum absolute atomic E-state index is 0.391. The monoisotopic (exact) mass is 197 g/mol. The summed E-state index contributed by atoms with van der Waals surface area (Å²) in [5.74, 6) is 0. The number of nitrogens with one attached hydrogen (secondary N) is 1. The predicted molar refractivity (Wildman–Crippen MR) is 53.2 cm³/mol. The van der Waals surface area contributed by atoms with E-state index in [-0.39, 0.29) is 0 Å². The average Bonchev–Trinajstić information content (AvgIpc) is 2.72. The molecule has 3 heterocycles. The smallest absolute Gasteiger partial charge is 0.0733 e. The third kappa shape index (κ3) is 1.47. The Balaban J connectivity index is 1.49. The van der Waals surface area contributed by atoms with E-state index in [1.54, 1.807) is 0 Å². The van der Waals surface area contributed by atoms with Crippen molar-refractivity contribution in [3.63, 3.8) is 0 Å². The molecular formula is C11H19NO2. The fourth-order valence-corrected chi connectivity index (χ4v) is 2.78. The summed E-state index contributed by atoms with van der Waals surface area (Å²) in [6, 6.07) is 0.617. The van der Waals surface area contributed by atoms with Gasteiger partial charge < -0.3 is 14.8 Å². The molecule has 14 heavy (non-hydrogen) atoms. The van der Waals surface area contributed by atoms with Crippen LogP contribution in [0.5, 0.6) is 0 Å². The van der Waals surface area contributed by atoms with E-state index in [0.717, 1.165) is 19.8 Å². The summed E-state index contributed by atoms with van der Waals surface area (Å²) in [6.07, 6.45) is 4.83. The number of fused-ring (bicyclic) bond motifs is 2. The second kappa shape index (κ2) is 3.19. The van der Waals surface area contributed by atoms with Crippen molar-refractivity contribution >= 4 is 0 Å². The lowest BCUT2D eigenvalue weighted by Crippen LogP contribution is -2.51. The highest BCUT2D eigenvalue weighted by molar-refractivity contribution is 4.95. The molecule has 1 N–H and O–H groups in total. The zero-order chi connectivity index (χ0) is 9.60. The molecule has 3 nitrogen and oxygen atoms in total. The number of hydrogen-bond acceptors (Lipinski definition) is 3. The lowest BCUT2D eigenvalue weighted by atomic mass is 9.87. The van der Waals surface area contributed by atoms with E-state index in [4.69, 9.17) is 9.47 Å². The molecule has 2 bridgehead atoms. The standard InChI is InChI=1S/C11H19NO2/c1-11(6-13-7-11)5-12-9-4-8-2-3-10(9)14-8/h8-10,12H,2-7H2,1H3. The Morgan fingerprint density at radius 1 is 1.36 bits per heavy atom. The summed E-state index contributed by atoms with van der Waals surface area (Å²) in [5, 5.41) is 3.65. The van der Waals surface area contributed by atoms with Crippen LogP contribution >= 0.6 is 0 Å². The van der Waals surface area contributed by atoms with Gasteiger partial charge in [-0.25, -0.2) is 0 Å². The summed E-state index contributed by atoms with van der Waals surface area (Å²) in [5.41, 5.74) is 0.391. The van der Waals surface area contributed by atoms with Gasteiger partial charge in [0.2, 0.25) is 0 Å². The predicted octanol–water partition coefficient (Wildman–Crippen LogP) is 0.932. The van der Waals surface area contributed by atoms with Gasteiger partial charge in [-0.05, 0) is 19.3 Å². The maximum Gasteiger partial charge on any atom is 0.0733 e. The molecule has 0 radical (unpaired) electrons. The number of rotatable bonds is 3. The van der Waals surface area contributed by atoms with Crippen LogP contribution in [0, 0.1) is 5.41 Å².